The van der Waals surface area contributed by atoms with Gasteiger partial charge in [0.1, 0.15) is 24.3 Å². The second-order valence-electron chi connectivity index (χ2n) is 6.59. The lowest BCUT2D eigenvalue weighted by atomic mass is 10.1. The number of aromatic nitrogens is 4. The highest BCUT2D eigenvalue weighted by Gasteiger charge is 2.10. The van der Waals surface area contributed by atoms with Crippen molar-refractivity contribution in [3.05, 3.63) is 83.2 Å². The molecule has 0 bridgehead atoms. The minimum atomic E-state index is -0.380. The van der Waals surface area contributed by atoms with Crippen molar-refractivity contribution in [3.63, 3.8) is 0 Å². The quantitative estimate of drug-likeness (QED) is 0.491. The first kappa shape index (κ1) is 20.0. The third-order valence-corrected chi connectivity index (χ3v) is 4.51. The maximum Gasteiger partial charge on any atom is 0.267 e. The molecule has 3 heterocycles. The van der Waals surface area contributed by atoms with Crippen LogP contribution in [0.4, 0.5) is 0 Å². The van der Waals surface area contributed by atoms with Crippen LogP contribution in [0.2, 0.25) is 0 Å². The van der Waals surface area contributed by atoms with E-state index < -0.39 is 0 Å². The molecule has 9 heteroatoms. The second kappa shape index (κ2) is 9.04. The van der Waals surface area contributed by atoms with E-state index >= 15 is 0 Å². The number of carbonyl (C=O) groups is 1. The van der Waals surface area contributed by atoms with E-state index in [1.807, 2.05) is 24.3 Å². The monoisotopic (exact) mass is 417 g/mol. The van der Waals surface area contributed by atoms with Crippen molar-refractivity contribution < 1.29 is 13.9 Å². The molecule has 0 aliphatic heterocycles. The molecule has 0 radical (unpaired) electrons. The van der Waals surface area contributed by atoms with Gasteiger partial charge in [-0.25, -0.2) is 14.6 Å². The Balaban J connectivity index is 1.41. The Hall–Kier alpha value is -4.27. The van der Waals surface area contributed by atoms with Crippen molar-refractivity contribution >= 4 is 5.91 Å². The highest BCUT2D eigenvalue weighted by Crippen LogP contribution is 2.20. The average Bonchev–Trinajstić information content (AvgIpc) is 3.34. The Kier molecular flexibility index (Phi) is 5.84. The topological polar surface area (TPSA) is 112 Å². The zero-order valence-electron chi connectivity index (χ0n) is 16.7. The van der Waals surface area contributed by atoms with E-state index in [9.17, 15) is 9.59 Å². The van der Waals surface area contributed by atoms with Gasteiger partial charge in [0, 0.05) is 11.6 Å². The van der Waals surface area contributed by atoms with Crippen LogP contribution in [-0.2, 0) is 17.9 Å². The summed E-state index contributed by atoms with van der Waals surface area (Å²) in [5.74, 6) is 0.905. The average molecular weight is 417 g/mol. The summed E-state index contributed by atoms with van der Waals surface area (Å²) < 4.78 is 11.5. The number of hydrogen-bond donors (Lipinski definition) is 1. The Labute approximate surface area is 177 Å². The molecule has 1 N–H and O–H groups in total. The number of hydrogen-bond acceptors (Lipinski definition) is 7. The first-order valence-electron chi connectivity index (χ1n) is 9.46. The standard InChI is InChI=1S/C22H19N5O4/c1-30-17-6-4-15(5-7-17)19-11-16(24-14-25-19)12-23-21(28)13-27-22(29)9-8-18(26-27)20-3-2-10-31-20/h2-11,14H,12-13H2,1H3,(H,23,28). The molecule has 4 aromatic rings. The lowest BCUT2D eigenvalue weighted by Crippen LogP contribution is -2.33. The maximum atomic E-state index is 12.4. The second-order valence-corrected chi connectivity index (χ2v) is 6.59. The van der Waals surface area contributed by atoms with Gasteiger partial charge in [-0.3, -0.25) is 9.59 Å². The zero-order chi connectivity index (χ0) is 21.6. The van der Waals surface area contributed by atoms with Gasteiger partial charge in [0.2, 0.25) is 5.91 Å². The number of ether oxygens (including phenoxy) is 1. The molecule has 0 atom stereocenters. The molecular weight excluding hydrogens is 398 g/mol. The number of carbonyl (C=O) groups excluding carboxylic acids is 1. The minimum absolute atomic E-state index is 0.192. The molecule has 156 valence electrons. The molecular formula is C22H19N5O4. The largest absolute Gasteiger partial charge is 0.497 e. The first-order valence-corrected chi connectivity index (χ1v) is 9.46. The fraction of sp³-hybridized carbons (Fsp3) is 0.136. The molecule has 0 unspecified atom stereocenters. The summed E-state index contributed by atoms with van der Waals surface area (Å²) in [6.07, 6.45) is 2.96. The lowest BCUT2D eigenvalue weighted by Gasteiger charge is -2.08. The summed E-state index contributed by atoms with van der Waals surface area (Å²) in [5.41, 5.74) is 2.36. The molecule has 0 fully saturated rings. The SMILES string of the molecule is COc1ccc(-c2cc(CNC(=O)Cn3nc(-c4ccco4)ccc3=O)ncn2)cc1. The van der Waals surface area contributed by atoms with Crippen molar-refractivity contribution in [1.29, 1.82) is 0 Å². The van der Waals surface area contributed by atoms with Crippen molar-refractivity contribution in [1.82, 2.24) is 25.1 Å². The smallest absolute Gasteiger partial charge is 0.267 e. The van der Waals surface area contributed by atoms with E-state index in [0.717, 1.165) is 21.7 Å². The molecule has 4 rings (SSSR count). The van der Waals surface area contributed by atoms with Crippen LogP contribution in [-0.4, -0.2) is 32.8 Å². The highest BCUT2D eigenvalue weighted by molar-refractivity contribution is 5.75. The van der Waals surface area contributed by atoms with Crippen molar-refractivity contribution in [2.75, 3.05) is 7.11 Å². The van der Waals surface area contributed by atoms with Crippen LogP contribution in [0.3, 0.4) is 0 Å². The summed E-state index contributed by atoms with van der Waals surface area (Å²) in [7, 11) is 1.61. The van der Waals surface area contributed by atoms with Crippen LogP contribution in [0.1, 0.15) is 5.69 Å². The minimum Gasteiger partial charge on any atom is -0.497 e. The maximum absolute atomic E-state index is 12.4. The molecule has 0 spiro atoms. The molecule has 0 aliphatic carbocycles. The molecule has 0 saturated heterocycles. The van der Waals surface area contributed by atoms with Crippen LogP contribution in [0.15, 0.2) is 76.4 Å². The van der Waals surface area contributed by atoms with Crippen LogP contribution < -0.4 is 15.6 Å². The molecule has 3 aromatic heterocycles. The summed E-state index contributed by atoms with van der Waals surface area (Å²) in [6, 6.07) is 15.6. The van der Waals surface area contributed by atoms with Gasteiger partial charge in [-0.2, -0.15) is 5.10 Å². The Morgan fingerprint density at radius 1 is 1.10 bits per heavy atom. The van der Waals surface area contributed by atoms with Crippen LogP contribution in [0, 0.1) is 0 Å². The van der Waals surface area contributed by atoms with Crippen molar-refractivity contribution in [2.45, 2.75) is 13.1 Å². The number of benzene rings is 1. The predicted octanol–water partition coefficient (Wildman–Crippen LogP) is 2.29. The number of nitrogens with one attached hydrogen (secondary N) is 1. The van der Waals surface area contributed by atoms with Gasteiger partial charge in [0.15, 0.2) is 5.76 Å². The van der Waals surface area contributed by atoms with E-state index in [0.29, 0.717) is 17.1 Å². The van der Waals surface area contributed by atoms with Crippen molar-refractivity contribution in [2.24, 2.45) is 0 Å². The van der Waals surface area contributed by atoms with Gasteiger partial charge in [-0.1, -0.05) is 0 Å². The summed E-state index contributed by atoms with van der Waals surface area (Å²) in [5, 5.41) is 6.94. The first-order chi connectivity index (χ1) is 15.1. The zero-order valence-corrected chi connectivity index (χ0v) is 16.7. The van der Waals surface area contributed by atoms with Gasteiger partial charge in [0.25, 0.3) is 5.56 Å². The Morgan fingerprint density at radius 3 is 2.68 bits per heavy atom. The number of nitrogens with zero attached hydrogens (tertiary/aromatic N) is 4. The molecule has 1 amide bonds. The van der Waals surface area contributed by atoms with Gasteiger partial charge in [-0.05, 0) is 48.5 Å². The Morgan fingerprint density at radius 2 is 1.94 bits per heavy atom. The number of rotatable bonds is 7. The number of amides is 1. The molecule has 0 saturated carbocycles. The summed E-state index contributed by atoms with van der Waals surface area (Å²) in [4.78, 5) is 32.9. The third kappa shape index (κ3) is 4.84. The van der Waals surface area contributed by atoms with Gasteiger partial charge >= 0.3 is 0 Å². The molecule has 1 aromatic carbocycles. The van der Waals surface area contributed by atoms with Crippen LogP contribution >= 0.6 is 0 Å². The lowest BCUT2D eigenvalue weighted by molar-refractivity contribution is -0.122. The van der Waals surface area contributed by atoms with Crippen LogP contribution in [0.25, 0.3) is 22.7 Å². The normalized spacial score (nSPS) is 10.6. The molecule has 9 nitrogen and oxygen atoms in total. The van der Waals surface area contributed by atoms with Gasteiger partial charge in [-0.15, -0.1) is 0 Å². The summed E-state index contributed by atoms with van der Waals surface area (Å²) in [6.45, 7) is -0.0268. The fourth-order valence-corrected chi connectivity index (χ4v) is 2.91. The predicted molar refractivity (Wildman–Crippen MR) is 112 cm³/mol. The summed E-state index contributed by atoms with van der Waals surface area (Å²) >= 11 is 0. The van der Waals surface area contributed by atoms with E-state index in [1.165, 1.54) is 18.7 Å². The van der Waals surface area contributed by atoms with Crippen LogP contribution in [0.5, 0.6) is 5.75 Å². The third-order valence-electron chi connectivity index (χ3n) is 4.51. The number of methoxy groups -OCH3 is 1. The van der Waals surface area contributed by atoms with Crippen molar-refractivity contribution in [3.8, 4) is 28.5 Å². The Bertz CT molecular complexity index is 1230. The highest BCUT2D eigenvalue weighted by atomic mass is 16.5. The van der Waals surface area contributed by atoms with Gasteiger partial charge in [0.05, 0.1) is 31.3 Å². The van der Waals surface area contributed by atoms with Gasteiger partial charge < -0.3 is 14.5 Å². The fourth-order valence-electron chi connectivity index (χ4n) is 2.91. The van der Waals surface area contributed by atoms with E-state index in [4.69, 9.17) is 9.15 Å². The number of furan rings is 1. The molecule has 31 heavy (non-hydrogen) atoms. The van der Waals surface area contributed by atoms with E-state index in [1.54, 1.807) is 31.4 Å². The molecule has 0 aliphatic rings. The van der Waals surface area contributed by atoms with E-state index in [-0.39, 0.29) is 24.6 Å². The van der Waals surface area contributed by atoms with E-state index in [2.05, 4.69) is 20.4 Å².